The van der Waals surface area contributed by atoms with Gasteiger partial charge in [0, 0.05) is 0 Å². The van der Waals surface area contributed by atoms with Crippen molar-refractivity contribution in [1.82, 2.24) is 5.32 Å². The van der Waals surface area contributed by atoms with Crippen molar-refractivity contribution in [1.29, 1.82) is 0 Å². The summed E-state index contributed by atoms with van der Waals surface area (Å²) in [6, 6.07) is 2.17. The summed E-state index contributed by atoms with van der Waals surface area (Å²) < 4.78 is 0. The topological polar surface area (TPSA) is 133 Å². The van der Waals surface area contributed by atoms with E-state index in [2.05, 4.69) is 5.32 Å². The van der Waals surface area contributed by atoms with Crippen molar-refractivity contribution in [3.63, 3.8) is 0 Å². The zero-order valence-corrected chi connectivity index (χ0v) is 11.9. The summed E-state index contributed by atoms with van der Waals surface area (Å²) in [4.78, 5) is 22.9. The molecule has 7 heteroatoms. The van der Waals surface area contributed by atoms with Crippen molar-refractivity contribution < 1.29 is 24.9 Å². The van der Waals surface area contributed by atoms with Gasteiger partial charge in [-0.3, -0.25) is 4.79 Å². The first-order chi connectivity index (χ1) is 9.72. The van der Waals surface area contributed by atoms with E-state index in [-0.39, 0.29) is 23.8 Å². The van der Waals surface area contributed by atoms with Crippen LogP contribution in [0, 0.1) is 5.92 Å². The maximum absolute atomic E-state index is 11.9. The third-order valence-electron chi connectivity index (χ3n) is 3.06. The van der Waals surface area contributed by atoms with Crippen LogP contribution in [0.2, 0.25) is 0 Å². The van der Waals surface area contributed by atoms with Gasteiger partial charge in [0.2, 0.25) is 5.91 Å². The van der Waals surface area contributed by atoms with Crippen molar-refractivity contribution in [3.05, 3.63) is 23.8 Å². The number of rotatable bonds is 6. The molecule has 0 aromatic heterocycles. The second kappa shape index (κ2) is 6.94. The molecule has 1 amide bonds. The number of phenolic OH excluding ortho intramolecular Hbond substituents is 2. The van der Waals surface area contributed by atoms with Crippen molar-refractivity contribution in [2.75, 3.05) is 0 Å². The van der Waals surface area contributed by atoms with E-state index >= 15 is 0 Å². The SMILES string of the molecule is CC(C)[C@@H](NC(=O)[C@@H](N)Cc1ccc(O)c(O)c1)C(=O)O. The number of benzene rings is 1. The maximum atomic E-state index is 11.9. The summed E-state index contributed by atoms with van der Waals surface area (Å²) in [7, 11) is 0. The van der Waals surface area contributed by atoms with Crippen molar-refractivity contribution >= 4 is 11.9 Å². The van der Waals surface area contributed by atoms with Crippen LogP contribution < -0.4 is 11.1 Å². The van der Waals surface area contributed by atoms with Gasteiger partial charge in [0.15, 0.2) is 11.5 Å². The van der Waals surface area contributed by atoms with E-state index in [4.69, 9.17) is 10.8 Å². The third-order valence-corrected chi connectivity index (χ3v) is 3.06. The molecule has 0 saturated carbocycles. The molecule has 6 N–H and O–H groups in total. The molecule has 2 atom stereocenters. The van der Waals surface area contributed by atoms with Crippen LogP contribution >= 0.6 is 0 Å². The smallest absolute Gasteiger partial charge is 0.326 e. The molecular formula is C14H20N2O5. The quantitative estimate of drug-likeness (QED) is 0.476. The van der Waals surface area contributed by atoms with E-state index in [0.717, 1.165) is 0 Å². The Balaban J connectivity index is 2.69. The van der Waals surface area contributed by atoms with Crippen molar-refractivity contribution in [2.24, 2.45) is 11.7 Å². The van der Waals surface area contributed by atoms with E-state index in [9.17, 15) is 19.8 Å². The zero-order chi connectivity index (χ0) is 16.2. The number of carbonyl (C=O) groups is 2. The summed E-state index contributed by atoms with van der Waals surface area (Å²) >= 11 is 0. The predicted octanol–water partition coefficient (Wildman–Crippen LogP) is 0.193. The molecule has 0 aliphatic rings. The molecule has 0 radical (unpaired) electrons. The fourth-order valence-corrected chi connectivity index (χ4v) is 1.82. The van der Waals surface area contributed by atoms with Crippen LogP contribution in [0.5, 0.6) is 11.5 Å². The van der Waals surface area contributed by atoms with Gasteiger partial charge in [-0.15, -0.1) is 0 Å². The summed E-state index contributed by atoms with van der Waals surface area (Å²) in [5, 5.41) is 30.0. The molecule has 0 spiro atoms. The molecule has 1 aromatic carbocycles. The van der Waals surface area contributed by atoms with Gasteiger partial charge < -0.3 is 26.4 Å². The Bertz CT molecular complexity index is 530. The minimum atomic E-state index is -1.12. The Kier molecular flexibility index (Phi) is 5.54. The van der Waals surface area contributed by atoms with Crippen LogP contribution in [0.25, 0.3) is 0 Å². The Labute approximate surface area is 122 Å². The number of hydrogen-bond acceptors (Lipinski definition) is 5. The Morgan fingerprint density at radius 3 is 2.33 bits per heavy atom. The highest BCUT2D eigenvalue weighted by atomic mass is 16.4. The van der Waals surface area contributed by atoms with Crippen LogP contribution in [0.3, 0.4) is 0 Å². The summed E-state index contributed by atoms with van der Waals surface area (Å²) in [6.07, 6.45) is 0.115. The summed E-state index contributed by atoms with van der Waals surface area (Å²) in [6.45, 7) is 3.37. The number of amides is 1. The lowest BCUT2D eigenvalue weighted by Crippen LogP contribution is -2.51. The first kappa shape index (κ1) is 16.8. The lowest BCUT2D eigenvalue weighted by molar-refractivity contribution is -0.143. The number of aliphatic carboxylic acids is 1. The van der Waals surface area contributed by atoms with E-state index in [1.54, 1.807) is 13.8 Å². The number of aromatic hydroxyl groups is 2. The predicted molar refractivity (Wildman–Crippen MR) is 75.9 cm³/mol. The Morgan fingerprint density at radius 2 is 1.86 bits per heavy atom. The fourth-order valence-electron chi connectivity index (χ4n) is 1.82. The number of nitrogens with one attached hydrogen (secondary N) is 1. The molecule has 0 aliphatic carbocycles. The average Bonchev–Trinajstić information content (AvgIpc) is 2.39. The van der Waals surface area contributed by atoms with Gasteiger partial charge in [0.05, 0.1) is 6.04 Å². The van der Waals surface area contributed by atoms with Crippen molar-refractivity contribution in [3.8, 4) is 11.5 Å². The van der Waals surface area contributed by atoms with Crippen molar-refractivity contribution in [2.45, 2.75) is 32.4 Å². The van der Waals surface area contributed by atoms with Gasteiger partial charge in [-0.2, -0.15) is 0 Å². The van der Waals surface area contributed by atoms with Crippen LogP contribution in [0.15, 0.2) is 18.2 Å². The van der Waals surface area contributed by atoms with Gasteiger partial charge >= 0.3 is 5.97 Å². The van der Waals surface area contributed by atoms with E-state index in [1.807, 2.05) is 0 Å². The van der Waals surface area contributed by atoms with Gasteiger partial charge in [-0.1, -0.05) is 19.9 Å². The largest absolute Gasteiger partial charge is 0.504 e. The normalized spacial score (nSPS) is 13.7. The standard InChI is InChI=1S/C14H20N2O5/c1-7(2)12(14(20)21)16-13(19)9(15)5-8-3-4-10(17)11(18)6-8/h3-4,6-7,9,12,17-18H,5,15H2,1-2H3,(H,16,19)(H,20,21)/t9-,12+/m0/s1. The molecule has 0 heterocycles. The van der Waals surface area contributed by atoms with E-state index in [1.165, 1.54) is 18.2 Å². The average molecular weight is 296 g/mol. The number of carboxylic acid groups (broad SMARTS) is 1. The lowest BCUT2D eigenvalue weighted by Gasteiger charge is -2.20. The molecule has 116 valence electrons. The second-order valence-electron chi connectivity index (χ2n) is 5.20. The van der Waals surface area contributed by atoms with Gasteiger partial charge in [-0.05, 0) is 30.0 Å². The minimum Gasteiger partial charge on any atom is -0.504 e. The molecule has 0 fully saturated rings. The highest BCUT2D eigenvalue weighted by molar-refractivity contribution is 5.87. The summed E-state index contributed by atoms with van der Waals surface area (Å²) in [5.41, 5.74) is 6.30. The summed E-state index contributed by atoms with van der Waals surface area (Å²) in [5.74, 6) is -2.53. The van der Waals surface area contributed by atoms with E-state index in [0.29, 0.717) is 5.56 Å². The highest BCUT2D eigenvalue weighted by Gasteiger charge is 2.26. The lowest BCUT2D eigenvalue weighted by atomic mass is 10.0. The fraction of sp³-hybridized carbons (Fsp3) is 0.429. The Morgan fingerprint density at radius 1 is 1.24 bits per heavy atom. The number of carbonyl (C=O) groups excluding carboxylic acids is 1. The molecule has 0 saturated heterocycles. The molecule has 0 bridgehead atoms. The molecule has 7 nitrogen and oxygen atoms in total. The van der Waals surface area contributed by atoms with Gasteiger partial charge in [0.25, 0.3) is 0 Å². The number of hydrogen-bond donors (Lipinski definition) is 5. The van der Waals surface area contributed by atoms with Gasteiger partial charge in [0.1, 0.15) is 6.04 Å². The second-order valence-corrected chi connectivity index (χ2v) is 5.20. The Hall–Kier alpha value is -2.28. The number of nitrogens with two attached hydrogens (primary N) is 1. The van der Waals surface area contributed by atoms with Crippen LogP contribution in [0.1, 0.15) is 19.4 Å². The van der Waals surface area contributed by atoms with Crippen LogP contribution in [-0.2, 0) is 16.0 Å². The molecular weight excluding hydrogens is 276 g/mol. The minimum absolute atomic E-state index is 0.115. The van der Waals surface area contributed by atoms with Crippen LogP contribution in [0.4, 0.5) is 0 Å². The first-order valence-electron chi connectivity index (χ1n) is 6.52. The van der Waals surface area contributed by atoms with Gasteiger partial charge in [-0.25, -0.2) is 4.79 Å². The maximum Gasteiger partial charge on any atom is 0.326 e. The molecule has 1 rings (SSSR count). The first-order valence-corrected chi connectivity index (χ1v) is 6.52. The molecule has 0 unspecified atom stereocenters. The number of phenols is 2. The molecule has 1 aromatic rings. The number of carboxylic acids is 1. The third kappa shape index (κ3) is 4.64. The molecule has 21 heavy (non-hydrogen) atoms. The van der Waals surface area contributed by atoms with E-state index < -0.39 is 24.0 Å². The monoisotopic (exact) mass is 296 g/mol. The van der Waals surface area contributed by atoms with Crippen LogP contribution in [-0.4, -0.2) is 39.3 Å². The zero-order valence-electron chi connectivity index (χ0n) is 11.9. The molecule has 0 aliphatic heterocycles. The highest BCUT2D eigenvalue weighted by Crippen LogP contribution is 2.25.